The second kappa shape index (κ2) is 8.23. The van der Waals surface area contributed by atoms with Gasteiger partial charge in [0.1, 0.15) is 11.1 Å². The molecule has 2 unspecified atom stereocenters. The molecule has 2 N–H and O–H groups in total. The third-order valence-electron chi connectivity index (χ3n) is 6.12. The lowest BCUT2D eigenvalue weighted by Crippen LogP contribution is -2.64. The van der Waals surface area contributed by atoms with Crippen LogP contribution in [0.15, 0.2) is 12.7 Å². The molecule has 5 atom stereocenters. The normalized spacial score (nSPS) is 31.1. The summed E-state index contributed by atoms with van der Waals surface area (Å²) < 4.78 is 5.60. The van der Waals surface area contributed by atoms with Gasteiger partial charge in [0.2, 0.25) is 11.8 Å². The van der Waals surface area contributed by atoms with E-state index >= 15 is 0 Å². The van der Waals surface area contributed by atoms with Gasteiger partial charge in [0.05, 0.1) is 0 Å². The van der Waals surface area contributed by atoms with E-state index in [1.54, 1.807) is 11.0 Å². The molecule has 2 aliphatic rings. The predicted molar refractivity (Wildman–Crippen MR) is 117 cm³/mol. The largest absolute Gasteiger partial charge is 0.444 e. The SMILES string of the molecule is C=CC[C@H]1[C@@H]2CN(C(=O)OC(C)(C)C)C(C)[C@@H]2CC1(NC(C)=O)C(=O)NC(C)(C)C. The Morgan fingerprint density at radius 1 is 1.17 bits per heavy atom. The van der Waals surface area contributed by atoms with Crippen molar-refractivity contribution in [1.82, 2.24) is 15.5 Å². The van der Waals surface area contributed by atoms with Crippen molar-refractivity contribution in [2.75, 3.05) is 6.54 Å². The van der Waals surface area contributed by atoms with Gasteiger partial charge in [0.15, 0.2) is 0 Å². The number of carbonyl (C=O) groups is 3. The first kappa shape index (κ1) is 24.2. The Morgan fingerprint density at radius 3 is 2.23 bits per heavy atom. The number of rotatable bonds is 4. The van der Waals surface area contributed by atoms with Crippen molar-refractivity contribution in [3.05, 3.63) is 12.7 Å². The molecule has 2 rings (SSSR count). The van der Waals surface area contributed by atoms with E-state index < -0.39 is 16.7 Å². The summed E-state index contributed by atoms with van der Waals surface area (Å²) in [6, 6.07) is -0.0877. The fraction of sp³-hybridized carbons (Fsp3) is 0.783. The third kappa shape index (κ3) is 4.98. The van der Waals surface area contributed by atoms with Crippen LogP contribution in [0.5, 0.6) is 0 Å². The zero-order valence-electron chi connectivity index (χ0n) is 19.8. The number of nitrogens with zero attached hydrogens (tertiary/aromatic N) is 1. The lowest BCUT2D eigenvalue weighted by Gasteiger charge is -2.39. The molecule has 170 valence electrons. The van der Waals surface area contributed by atoms with E-state index in [2.05, 4.69) is 17.2 Å². The topological polar surface area (TPSA) is 87.7 Å². The Bertz CT molecular complexity index is 706. The zero-order valence-corrected chi connectivity index (χ0v) is 19.8. The molecule has 0 spiro atoms. The number of amides is 3. The highest BCUT2D eigenvalue weighted by molar-refractivity contribution is 5.92. The van der Waals surface area contributed by atoms with Crippen LogP contribution in [0, 0.1) is 17.8 Å². The number of ether oxygens (including phenoxy) is 1. The van der Waals surface area contributed by atoms with Gasteiger partial charge in [-0.2, -0.15) is 0 Å². The molecule has 0 aromatic heterocycles. The van der Waals surface area contributed by atoms with Gasteiger partial charge in [0, 0.05) is 25.0 Å². The molecule has 0 bridgehead atoms. The van der Waals surface area contributed by atoms with Crippen LogP contribution >= 0.6 is 0 Å². The molecular formula is C23H39N3O4. The first-order chi connectivity index (χ1) is 13.6. The first-order valence-electron chi connectivity index (χ1n) is 10.8. The Kier molecular flexibility index (Phi) is 6.65. The third-order valence-corrected chi connectivity index (χ3v) is 6.12. The maximum Gasteiger partial charge on any atom is 0.410 e. The molecular weight excluding hydrogens is 382 g/mol. The highest BCUT2D eigenvalue weighted by atomic mass is 16.6. The summed E-state index contributed by atoms with van der Waals surface area (Å²) in [7, 11) is 0. The van der Waals surface area contributed by atoms with Crippen molar-refractivity contribution in [2.24, 2.45) is 17.8 Å². The van der Waals surface area contributed by atoms with Crippen LogP contribution in [0.25, 0.3) is 0 Å². The lowest BCUT2D eigenvalue weighted by atomic mass is 9.79. The molecule has 1 aliphatic carbocycles. The van der Waals surface area contributed by atoms with E-state index in [1.807, 2.05) is 48.5 Å². The number of fused-ring (bicyclic) bond motifs is 1. The minimum Gasteiger partial charge on any atom is -0.444 e. The molecule has 7 heteroatoms. The number of hydrogen-bond acceptors (Lipinski definition) is 4. The molecule has 1 heterocycles. The standard InChI is InChI=1S/C23H39N3O4/c1-10-11-18-17-13-26(20(29)30-22(7,8)9)14(2)16(17)12-23(18,24-15(3)27)19(28)25-21(4,5)6/h10,14,16-18H,1,11-13H2,2-9H3,(H,24,27)(H,25,28)/t14?,16-,17+,18-,23?/m0/s1. The minimum absolute atomic E-state index is 0.0723. The van der Waals surface area contributed by atoms with Gasteiger partial charge < -0.3 is 20.3 Å². The average molecular weight is 422 g/mol. The maximum atomic E-state index is 13.5. The fourth-order valence-electron chi connectivity index (χ4n) is 5.10. The maximum absolute atomic E-state index is 13.5. The van der Waals surface area contributed by atoms with E-state index in [1.165, 1.54) is 6.92 Å². The smallest absolute Gasteiger partial charge is 0.410 e. The fourth-order valence-corrected chi connectivity index (χ4v) is 5.10. The second-order valence-corrected chi connectivity index (χ2v) is 10.9. The summed E-state index contributed by atoms with van der Waals surface area (Å²) in [5.74, 6) is -0.392. The zero-order chi connectivity index (χ0) is 23.1. The number of likely N-dealkylation sites (tertiary alicyclic amines) is 1. The minimum atomic E-state index is -1.02. The first-order valence-corrected chi connectivity index (χ1v) is 10.8. The van der Waals surface area contributed by atoms with Crippen LogP contribution in [0.4, 0.5) is 4.79 Å². The molecule has 3 amide bonds. The van der Waals surface area contributed by atoms with E-state index in [0.717, 1.165) is 0 Å². The van der Waals surface area contributed by atoms with Gasteiger partial charge in [-0.05, 0) is 79.1 Å². The van der Waals surface area contributed by atoms with Gasteiger partial charge in [-0.1, -0.05) is 6.08 Å². The second-order valence-electron chi connectivity index (χ2n) is 10.9. The van der Waals surface area contributed by atoms with Crippen molar-refractivity contribution in [2.45, 2.75) is 91.0 Å². The Balaban J connectivity index is 2.38. The molecule has 1 saturated heterocycles. The van der Waals surface area contributed by atoms with Crippen molar-refractivity contribution in [3.63, 3.8) is 0 Å². The molecule has 0 aromatic carbocycles. The van der Waals surface area contributed by atoms with Crippen molar-refractivity contribution in [3.8, 4) is 0 Å². The summed E-state index contributed by atoms with van der Waals surface area (Å²) in [4.78, 5) is 40.2. The average Bonchev–Trinajstić information content (AvgIpc) is 3.00. The van der Waals surface area contributed by atoms with Gasteiger partial charge in [-0.15, -0.1) is 6.58 Å². The summed E-state index contributed by atoms with van der Waals surface area (Å²) in [5, 5.41) is 6.08. The molecule has 0 aromatic rings. The Labute approximate surface area is 181 Å². The van der Waals surface area contributed by atoms with Crippen LogP contribution in [0.1, 0.15) is 68.2 Å². The van der Waals surface area contributed by atoms with Crippen molar-refractivity contribution >= 4 is 17.9 Å². The van der Waals surface area contributed by atoms with Gasteiger partial charge in [0.25, 0.3) is 0 Å². The van der Waals surface area contributed by atoms with Crippen LogP contribution in [0.2, 0.25) is 0 Å². The van der Waals surface area contributed by atoms with Gasteiger partial charge in [-0.25, -0.2) is 4.79 Å². The van der Waals surface area contributed by atoms with Gasteiger partial charge in [-0.3, -0.25) is 9.59 Å². The summed E-state index contributed by atoms with van der Waals surface area (Å²) in [5.41, 5.74) is -2.01. The highest BCUT2D eigenvalue weighted by Gasteiger charge is 2.62. The quantitative estimate of drug-likeness (QED) is 0.682. The van der Waals surface area contributed by atoms with E-state index in [0.29, 0.717) is 19.4 Å². The number of nitrogens with one attached hydrogen (secondary N) is 2. The monoisotopic (exact) mass is 421 g/mol. The Morgan fingerprint density at radius 2 is 1.77 bits per heavy atom. The van der Waals surface area contributed by atoms with Crippen molar-refractivity contribution in [1.29, 1.82) is 0 Å². The summed E-state index contributed by atoms with van der Waals surface area (Å²) >= 11 is 0. The predicted octanol–water partition coefficient (Wildman–Crippen LogP) is 3.24. The van der Waals surface area contributed by atoms with Gasteiger partial charge >= 0.3 is 6.09 Å². The molecule has 2 fully saturated rings. The number of carbonyl (C=O) groups excluding carboxylic acids is 3. The molecule has 1 aliphatic heterocycles. The summed E-state index contributed by atoms with van der Waals surface area (Å²) in [6.45, 7) is 19.2. The van der Waals surface area contributed by atoms with Crippen LogP contribution < -0.4 is 10.6 Å². The molecule has 30 heavy (non-hydrogen) atoms. The summed E-state index contributed by atoms with van der Waals surface area (Å²) in [6.07, 6.45) is 2.53. The Hall–Kier alpha value is -2.05. The van der Waals surface area contributed by atoms with E-state index in [9.17, 15) is 14.4 Å². The molecule has 7 nitrogen and oxygen atoms in total. The number of allylic oxidation sites excluding steroid dienone is 1. The van der Waals surface area contributed by atoms with Crippen LogP contribution in [-0.2, 0) is 14.3 Å². The number of hydrogen-bond donors (Lipinski definition) is 2. The van der Waals surface area contributed by atoms with Crippen molar-refractivity contribution < 1.29 is 19.1 Å². The van der Waals surface area contributed by atoms with E-state index in [-0.39, 0.29) is 41.7 Å². The lowest BCUT2D eigenvalue weighted by molar-refractivity contribution is -0.136. The van der Waals surface area contributed by atoms with E-state index in [4.69, 9.17) is 4.74 Å². The molecule has 1 saturated carbocycles. The molecule has 0 radical (unpaired) electrons. The highest BCUT2D eigenvalue weighted by Crippen LogP contribution is 2.52. The van der Waals surface area contributed by atoms with Crippen LogP contribution in [-0.4, -0.2) is 52.1 Å². The van der Waals surface area contributed by atoms with Crippen LogP contribution in [0.3, 0.4) is 0 Å².